The zero-order valence-corrected chi connectivity index (χ0v) is 23.0. The van der Waals surface area contributed by atoms with Crippen LogP contribution in [0.4, 0.5) is 43.5 Å². The molecular weight excluding hydrogens is 608 g/mol. The van der Waals surface area contributed by atoms with Gasteiger partial charge in [0.15, 0.2) is 0 Å². The van der Waals surface area contributed by atoms with Crippen LogP contribution in [0.1, 0.15) is 25.1 Å². The second-order valence-electron chi connectivity index (χ2n) is 10.0. The van der Waals surface area contributed by atoms with Crippen LogP contribution in [0.2, 0.25) is 0 Å². The Balaban J connectivity index is 1.67. The lowest BCUT2D eigenvalue weighted by Gasteiger charge is -2.26. The first-order valence-electron chi connectivity index (χ1n) is 12.3. The van der Waals surface area contributed by atoms with Crippen LogP contribution in [-0.4, -0.2) is 50.7 Å². The molecule has 2 aromatic carbocycles. The molecule has 43 heavy (non-hydrogen) atoms. The first-order chi connectivity index (χ1) is 19.9. The predicted octanol–water partition coefficient (Wildman–Crippen LogP) is 4.88. The molecule has 2 aromatic heterocycles. The molecule has 18 heteroatoms. The molecular formula is C25H21F6N7O4S. The van der Waals surface area contributed by atoms with Crippen LogP contribution in [0.25, 0.3) is 11.4 Å². The van der Waals surface area contributed by atoms with Gasteiger partial charge in [-0.05, 0) is 61.5 Å². The van der Waals surface area contributed by atoms with Crippen molar-refractivity contribution in [2.24, 2.45) is 0 Å². The third-order valence-electron chi connectivity index (χ3n) is 5.99. The van der Waals surface area contributed by atoms with Crippen molar-refractivity contribution in [3.8, 4) is 17.1 Å². The fourth-order valence-electron chi connectivity index (χ4n) is 4.25. The summed E-state index contributed by atoms with van der Waals surface area (Å²) in [5, 5.41) is 25.0. The molecule has 11 nitrogen and oxygen atoms in total. The number of fused-ring (bicyclic) bond motifs is 2. The van der Waals surface area contributed by atoms with E-state index in [1.165, 1.54) is 32.0 Å². The lowest BCUT2D eigenvalue weighted by atomic mass is 10.1. The number of anilines is 3. The lowest BCUT2D eigenvalue weighted by molar-refractivity contribution is -0.274. The topological polar surface area (TPSA) is 135 Å². The quantitative estimate of drug-likeness (QED) is 0.286. The number of tetrazole rings is 1. The predicted molar refractivity (Wildman–Crippen MR) is 139 cm³/mol. The van der Waals surface area contributed by atoms with Gasteiger partial charge in [-0.1, -0.05) is 12.1 Å². The summed E-state index contributed by atoms with van der Waals surface area (Å²) in [6, 6.07) is 9.56. The molecule has 0 bridgehead atoms. The third kappa shape index (κ3) is 6.48. The number of sulfonamides is 1. The van der Waals surface area contributed by atoms with Crippen LogP contribution in [0.15, 0.2) is 59.5 Å². The molecule has 0 saturated heterocycles. The number of benzene rings is 2. The second-order valence-corrected chi connectivity index (χ2v) is 11.9. The van der Waals surface area contributed by atoms with Crippen LogP contribution in [0, 0.1) is 0 Å². The largest absolute Gasteiger partial charge is 0.573 e. The average molecular weight is 630 g/mol. The van der Waals surface area contributed by atoms with E-state index < -0.39 is 51.0 Å². The van der Waals surface area contributed by atoms with Gasteiger partial charge in [-0.15, -0.1) is 23.4 Å². The molecule has 0 spiro atoms. The van der Waals surface area contributed by atoms with E-state index in [2.05, 4.69) is 30.4 Å². The van der Waals surface area contributed by atoms with Crippen LogP contribution >= 0.6 is 0 Å². The van der Waals surface area contributed by atoms with Crippen LogP contribution in [0.5, 0.6) is 5.75 Å². The van der Waals surface area contributed by atoms with Crippen molar-refractivity contribution >= 4 is 27.2 Å². The highest BCUT2D eigenvalue weighted by molar-refractivity contribution is 7.92. The highest BCUT2D eigenvalue weighted by Crippen LogP contribution is 2.44. The van der Waals surface area contributed by atoms with Crippen molar-refractivity contribution in [3.63, 3.8) is 0 Å². The van der Waals surface area contributed by atoms with Crippen LogP contribution in [-0.2, 0) is 29.3 Å². The number of aliphatic hydroxyl groups is 1. The number of alkyl halides is 6. The molecule has 0 aliphatic carbocycles. The number of aromatic nitrogens is 5. The van der Waals surface area contributed by atoms with Gasteiger partial charge in [-0.25, -0.2) is 13.4 Å². The molecule has 3 heterocycles. The summed E-state index contributed by atoms with van der Waals surface area (Å²) in [7, 11) is -4.61. The third-order valence-corrected chi connectivity index (χ3v) is 7.75. The molecule has 1 aliphatic rings. The number of hydrogen-bond acceptors (Lipinski definition) is 9. The Morgan fingerprint density at radius 1 is 1.00 bits per heavy atom. The summed E-state index contributed by atoms with van der Waals surface area (Å²) in [5.41, 5.74) is -2.36. The summed E-state index contributed by atoms with van der Waals surface area (Å²) in [5.74, 6) is -1.00. The number of nitrogens with one attached hydrogen (secondary N) is 1. The van der Waals surface area contributed by atoms with Crippen LogP contribution < -0.4 is 14.4 Å². The Hall–Kier alpha value is -4.45. The monoisotopic (exact) mass is 629 g/mol. The Morgan fingerprint density at radius 2 is 1.70 bits per heavy atom. The van der Waals surface area contributed by atoms with Gasteiger partial charge in [0.25, 0.3) is 10.0 Å². The van der Waals surface area contributed by atoms with E-state index in [4.69, 9.17) is 0 Å². The number of rotatable bonds is 6. The molecule has 5 rings (SSSR count). The maximum absolute atomic E-state index is 14.1. The first-order valence-corrected chi connectivity index (χ1v) is 13.7. The second kappa shape index (κ2) is 10.4. The Morgan fingerprint density at radius 3 is 2.33 bits per heavy atom. The number of para-hydroxylation sites is 1. The minimum Gasteiger partial charge on any atom is -0.406 e. The van der Waals surface area contributed by atoms with E-state index in [-0.39, 0.29) is 40.7 Å². The van der Waals surface area contributed by atoms with Crippen molar-refractivity contribution in [1.82, 2.24) is 25.2 Å². The minimum atomic E-state index is -5.01. The van der Waals surface area contributed by atoms with E-state index in [0.717, 1.165) is 39.4 Å². The van der Waals surface area contributed by atoms with E-state index in [1.807, 2.05) is 0 Å². The van der Waals surface area contributed by atoms with Gasteiger partial charge in [0.1, 0.15) is 17.3 Å². The van der Waals surface area contributed by atoms with Crippen molar-refractivity contribution in [2.75, 3.05) is 9.62 Å². The summed E-state index contributed by atoms with van der Waals surface area (Å²) < 4.78 is 111. The van der Waals surface area contributed by atoms with Crippen molar-refractivity contribution < 1.29 is 44.6 Å². The number of nitrogens with zero attached hydrogens (tertiary/aromatic N) is 6. The van der Waals surface area contributed by atoms with Gasteiger partial charge in [0.05, 0.1) is 35.0 Å². The molecule has 228 valence electrons. The molecule has 0 atom stereocenters. The zero-order valence-electron chi connectivity index (χ0n) is 22.1. The lowest BCUT2D eigenvalue weighted by Crippen LogP contribution is -2.31. The van der Waals surface area contributed by atoms with Gasteiger partial charge in [0.2, 0.25) is 5.82 Å². The highest BCUT2D eigenvalue weighted by atomic mass is 32.2. The zero-order chi connectivity index (χ0) is 31.4. The molecule has 0 amide bonds. The van der Waals surface area contributed by atoms with Crippen molar-refractivity contribution in [1.29, 1.82) is 0 Å². The fraction of sp³-hybridized carbons (Fsp3) is 0.280. The molecule has 0 radical (unpaired) electrons. The maximum atomic E-state index is 14.1. The minimum absolute atomic E-state index is 0.0162. The van der Waals surface area contributed by atoms with E-state index in [0.29, 0.717) is 6.07 Å². The number of ether oxygens (including phenoxy) is 1. The summed E-state index contributed by atoms with van der Waals surface area (Å²) in [6.45, 7) is 2.41. The summed E-state index contributed by atoms with van der Waals surface area (Å²) >= 11 is 0. The average Bonchev–Trinajstić information content (AvgIpc) is 3.25. The van der Waals surface area contributed by atoms with E-state index >= 15 is 0 Å². The summed E-state index contributed by atoms with van der Waals surface area (Å²) in [4.78, 5) is 4.32. The van der Waals surface area contributed by atoms with E-state index in [9.17, 15) is 39.9 Å². The Kier molecular flexibility index (Phi) is 7.24. The van der Waals surface area contributed by atoms with Gasteiger partial charge >= 0.3 is 12.5 Å². The maximum Gasteiger partial charge on any atom is 0.573 e. The highest BCUT2D eigenvalue weighted by Gasteiger charge is 2.37. The van der Waals surface area contributed by atoms with Crippen LogP contribution in [0.3, 0.4) is 0 Å². The molecule has 0 saturated carbocycles. The summed E-state index contributed by atoms with van der Waals surface area (Å²) in [6.07, 6.45) is -9.80. The molecule has 1 aliphatic heterocycles. The Bertz CT molecular complexity index is 1770. The van der Waals surface area contributed by atoms with E-state index in [1.54, 1.807) is 0 Å². The molecule has 2 N–H and O–H groups in total. The first kappa shape index (κ1) is 30.0. The van der Waals surface area contributed by atoms with Gasteiger partial charge < -0.3 is 15.2 Å². The molecule has 0 fully saturated rings. The standard InChI is InChI=1S/C25H21F6N7O4S/c1-23(2,39)13-38-35-22(34-36-38)17-4-3-5-18-20(17)37(12-14-6-11-19(24(26,27)28)33-21(14)32-18)43(40,41)16-9-7-15(8-10-16)42-25(29,30)31/h3-11,39H,12-13H2,1-2H3,(H,32,33). The van der Waals surface area contributed by atoms with Gasteiger partial charge in [-0.2, -0.15) is 18.0 Å². The number of pyridine rings is 1. The van der Waals surface area contributed by atoms with Crippen molar-refractivity contribution in [2.45, 2.75) is 50.0 Å². The smallest absolute Gasteiger partial charge is 0.406 e. The Labute approximate surface area is 239 Å². The number of hydrogen-bond donors (Lipinski definition) is 2. The molecule has 4 aromatic rings. The molecule has 0 unspecified atom stereocenters. The fourth-order valence-corrected chi connectivity index (χ4v) is 5.73. The van der Waals surface area contributed by atoms with Gasteiger partial charge in [0, 0.05) is 11.1 Å². The number of halogens is 6. The van der Waals surface area contributed by atoms with Crippen molar-refractivity contribution in [3.05, 3.63) is 65.9 Å². The normalized spacial score (nSPS) is 14.0. The van der Waals surface area contributed by atoms with Gasteiger partial charge in [-0.3, -0.25) is 4.31 Å². The SMILES string of the molecule is CC(C)(O)Cn1nnc(-c2cccc3c2N(S(=O)(=O)c2ccc(OC(F)(F)F)cc2)Cc2ccc(C(F)(F)F)nc2N3)n1.